The molecule has 4 aromatic rings. The Morgan fingerprint density at radius 3 is 2.63 bits per heavy atom. The molecule has 2 heterocycles. The summed E-state index contributed by atoms with van der Waals surface area (Å²) in [5, 5.41) is 3.39. The molecule has 0 radical (unpaired) electrons. The number of thioether (sulfide) groups is 1. The maximum atomic E-state index is 14.5. The number of Topliss-reactive ketones (excluding diaryl/α,β-unsaturated/α-hetero) is 1. The number of carbonyl (C=O) groups is 2. The first-order valence-corrected chi connectivity index (χ1v) is 12.0. The minimum absolute atomic E-state index is 0.0404. The molecule has 0 fully saturated rings. The highest BCUT2D eigenvalue weighted by Gasteiger charge is 2.17. The minimum atomic E-state index is -0.504. The van der Waals surface area contributed by atoms with Gasteiger partial charge < -0.3 is 5.32 Å². The fourth-order valence-corrected chi connectivity index (χ4v) is 4.41. The molecule has 0 unspecified atom stereocenters. The van der Waals surface area contributed by atoms with E-state index in [9.17, 15) is 18.8 Å². The summed E-state index contributed by atoms with van der Waals surface area (Å²) in [7, 11) is 0. The Hall–Kier alpha value is -3.85. The lowest BCUT2D eigenvalue weighted by molar-refractivity contribution is -0.118. The second-order valence-electron chi connectivity index (χ2n) is 8.00. The molecule has 2 aromatic carbocycles. The number of pyridine rings is 1. The van der Waals surface area contributed by atoms with Gasteiger partial charge in [0.15, 0.2) is 10.9 Å². The molecule has 0 aliphatic rings. The number of hydrogen-bond donors (Lipinski definition) is 1. The highest BCUT2D eigenvalue weighted by Crippen LogP contribution is 2.22. The quantitative estimate of drug-likeness (QED) is 0.229. The topological polar surface area (TPSA) is 94.0 Å². The molecule has 4 rings (SSSR count). The lowest BCUT2D eigenvalue weighted by Crippen LogP contribution is -2.23. The summed E-state index contributed by atoms with van der Waals surface area (Å²) in [6.07, 6.45) is 1.98. The van der Waals surface area contributed by atoms with Gasteiger partial charge in [-0.15, -0.1) is 0 Å². The summed E-state index contributed by atoms with van der Waals surface area (Å²) in [6.45, 7) is 3.61. The van der Waals surface area contributed by atoms with Gasteiger partial charge in [0.25, 0.3) is 5.56 Å². The van der Waals surface area contributed by atoms with E-state index in [-0.39, 0.29) is 28.6 Å². The largest absolute Gasteiger partial charge is 0.356 e. The van der Waals surface area contributed by atoms with Crippen molar-refractivity contribution in [3.8, 4) is 5.82 Å². The van der Waals surface area contributed by atoms with Crippen LogP contribution in [0.2, 0.25) is 0 Å². The van der Waals surface area contributed by atoms with Crippen LogP contribution in [0.15, 0.2) is 70.7 Å². The molecule has 1 amide bonds. The number of aromatic nitrogens is 3. The van der Waals surface area contributed by atoms with E-state index >= 15 is 0 Å². The van der Waals surface area contributed by atoms with Crippen molar-refractivity contribution in [3.05, 3.63) is 93.7 Å². The van der Waals surface area contributed by atoms with Crippen molar-refractivity contribution in [2.24, 2.45) is 0 Å². The molecule has 0 atom stereocenters. The minimum Gasteiger partial charge on any atom is -0.356 e. The van der Waals surface area contributed by atoms with Gasteiger partial charge in [-0.1, -0.05) is 42.1 Å². The Balaban J connectivity index is 1.59. The lowest BCUT2D eigenvalue weighted by atomic mass is 10.1. The van der Waals surface area contributed by atoms with Crippen molar-refractivity contribution < 1.29 is 14.0 Å². The van der Waals surface area contributed by atoms with Gasteiger partial charge in [0.05, 0.1) is 16.7 Å². The Kier molecular flexibility index (Phi) is 7.36. The number of hydrogen-bond acceptors (Lipinski definition) is 6. The number of ketones is 1. The number of aryl methyl sites for hydroxylation is 1. The van der Waals surface area contributed by atoms with Crippen LogP contribution in [0.4, 0.5) is 4.39 Å². The standard InChI is InChI=1S/C26H23FN4O3S/c1-16-7-10-24(29-14-16)31-25(34)20-5-3-4-6-22(20)30-26(31)35-15-23(33)19-9-8-18(21(27)13-19)11-12-28-17(2)32/h3-10,13-14H,11-12,15H2,1-2H3,(H,28,32). The first-order valence-electron chi connectivity index (χ1n) is 11.0. The average Bonchev–Trinajstić information content (AvgIpc) is 2.84. The molecule has 178 valence electrons. The maximum Gasteiger partial charge on any atom is 0.267 e. The molecule has 0 bridgehead atoms. The van der Waals surface area contributed by atoms with E-state index in [0.29, 0.717) is 40.4 Å². The smallest absolute Gasteiger partial charge is 0.267 e. The number of carbonyl (C=O) groups excluding carboxylic acids is 2. The monoisotopic (exact) mass is 490 g/mol. The summed E-state index contributed by atoms with van der Waals surface area (Å²) in [5.41, 5.74) is 1.82. The van der Waals surface area contributed by atoms with Crippen molar-refractivity contribution in [2.45, 2.75) is 25.4 Å². The highest BCUT2D eigenvalue weighted by molar-refractivity contribution is 7.99. The third-order valence-electron chi connectivity index (χ3n) is 5.35. The van der Waals surface area contributed by atoms with Crippen LogP contribution in [0.25, 0.3) is 16.7 Å². The Morgan fingerprint density at radius 2 is 1.91 bits per heavy atom. The van der Waals surface area contributed by atoms with E-state index in [1.54, 1.807) is 48.7 Å². The molecular weight excluding hydrogens is 467 g/mol. The van der Waals surface area contributed by atoms with Gasteiger partial charge in [0, 0.05) is 25.2 Å². The van der Waals surface area contributed by atoms with E-state index in [1.807, 2.05) is 13.0 Å². The average molecular weight is 491 g/mol. The number of benzene rings is 2. The molecule has 7 nitrogen and oxygen atoms in total. The number of nitrogens with one attached hydrogen (secondary N) is 1. The number of rotatable bonds is 8. The molecule has 1 N–H and O–H groups in total. The predicted octanol–water partition coefficient (Wildman–Crippen LogP) is 3.88. The molecule has 0 aliphatic heterocycles. The fourth-order valence-electron chi connectivity index (χ4n) is 3.51. The second kappa shape index (κ2) is 10.6. The molecule has 2 aromatic heterocycles. The van der Waals surface area contributed by atoms with E-state index in [2.05, 4.69) is 15.3 Å². The number of amides is 1. The normalized spacial score (nSPS) is 10.9. The van der Waals surface area contributed by atoms with Crippen molar-refractivity contribution in [1.82, 2.24) is 19.9 Å². The molecule has 0 spiro atoms. The zero-order valence-electron chi connectivity index (χ0n) is 19.2. The van der Waals surface area contributed by atoms with E-state index < -0.39 is 5.82 Å². The first kappa shape index (κ1) is 24.3. The number of halogens is 1. The number of para-hydroxylation sites is 1. The lowest BCUT2D eigenvalue weighted by Gasteiger charge is -2.12. The van der Waals surface area contributed by atoms with E-state index in [1.165, 1.54) is 17.6 Å². The number of fused-ring (bicyclic) bond motifs is 1. The SMILES string of the molecule is CC(=O)NCCc1ccc(C(=O)CSc2nc3ccccc3c(=O)n2-c2ccc(C)cn2)cc1F. The number of nitrogens with zero attached hydrogens (tertiary/aromatic N) is 3. The van der Waals surface area contributed by atoms with Gasteiger partial charge in [-0.3, -0.25) is 14.4 Å². The third kappa shape index (κ3) is 5.63. The van der Waals surface area contributed by atoms with Gasteiger partial charge in [-0.05, 0) is 48.7 Å². The Morgan fingerprint density at radius 1 is 1.11 bits per heavy atom. The summed E-state index contributed by atoms with van der Waals surface area (Å²) < 4.78 is 15.9. The highest BCUT2D eigenvalue weighted by atomic mass is 32.2. The van der Waals surface area contributed by atoms with Gasteiger partial charge in [-0.2, -0.15) is 0 Å². The second-order valence-corrected chi connectivity index (χ2v) is 8.94. The Labute approximate surface area is 205 Å². The summed E-state index contributed by atoms with van der Waals surface area (Å²) >= 11 is 1.10. The third-order valence-corrected chi connectivity index (χ3v) is 6.28. The van der Waals surface area contributed by atoms with Crippen LogP contribution in [-0.4, -0.2) is 38.5 Å². The predicted molar refractivity (Wildman–Crippen MR) is 134 cm³/mol. The maximum absolute atomic E-state index is 14.5. The van der Waals surface area contributed by atoms with Crippen LogP contribution in [0.5, 0.6) is 0 Å². The van der Waals surface area contributed by atoms with Crippen LogP contribution in [-0.2, 0) is 11.2 Å². The summed E-state index contributed by atoms with van der Waals surface area (Å²) in [6, 6.07) is 14.9. The zero-order chi connectivity index (χ0) is 24.9. The van der Waals surface area contributed by atoms with Crippen molar-refractivity contribution in [2.75, 3.05) is 12.3 Å². The molecule has 0 saturated heterocycles. The first-order chi connectivity index (χ1) is 16.8. The van der Waals surface area contributed by atoms with E-state index in [0.717, 1.165) is 17.3 Å². The van der Waals surface area contributed by atoms with Crippen molar-refractivity contribution in [3.63, 3.8) is 0 Å². The van der Waals surface area contributed by atoms with Crippen molar-refractivity contribution in [1.29, 1.82) is 0 Å². The van der Waals surface area contributed by atoms with Crippen LogP contribution in [0.1, 0.15) is 28.4 Å². The Bertz CT molecular complexity index is 1470. The van der Waals surface area contributed by atoms with Crippen molar-refractivity contribution >= 4 is 34.4 Å². The zero-order valence-corrected chi connectivity index (χ0v) is 20.1. The van der Waals surface area contributed by atoms with Gasteiger partial charge in [0.2, 0.25) is 5.91 Å². The molecular formula is C26H23FN4O3S. The molecule has 0 saturated carbocycles. The summed E-state index contributed by atoms with van der Waals surface area (Å²) in [4.78, 5) is 46.1. The summed E-state index contributed by atoms with van der Waals surface area (Å²) in [5.74, 6) is -0.621. The van der Waals surface area contributed by atoms with Gasteiger partial charge in [0.1, 0.15) is 11.6 Å². The van der Waals surface area contributed by atoms with Crippen LogP contribution in [0.3, 0.4) is 0 Å². The van der Waals surface area contributed by atoms with Crippen LogP contribution >= 0.6 is 11.8 Å². The molecule has 9 heteroatoms. The van der Waals surface area contributed by atoms with Gasteiger partial charge >= 0.3 is 0 Å². The van der Waals surface area contributed by atoms with E-state index in [4.69, 9.17) is 0 Å². The fraction of sp³-hybridized carbons (Fsp3) is 0.192. The molecule has 35 heavy (non-hydrogen) atoms. The van der Waals surface area contributed by atoms with Crippen LogP contribution in [0, 0.1) is 12.7 Å². The van der Waals surface area contributed by atoms with Crippen LogP contribution < -0.4 is 10.9 Å². The van der Waals surface area contributed by atoms with Gasteiger partial charge in [-0.25, -0.2) is 18.9 Å². The molecule has 0 aliphatic carbocycles.